The first kappa shape index (κ1) is 15.8. The second kappa shape index (κ2) is 6.07. The Morgan fingerprint density at radius 1 is 0.909 bits per heavy atom. The Bertz CT molecular complexity index is 598. The summed E-state index contributed by atoms with van der Waals surface area (Å²) in [7, 11) is 3.61. The minimum absolute atomic E-state index is 0.0844. The number of ketones is 2. The normalized spacial score (nSPS) is 21.8. The van der Waals surface area contributed by atoms with Gasteiger partial charge in [-0.2, -0.15) is 0 Å². The molecule has 0 bridgehead atoms. The Kier molecular flexibility index (Phi) is 4.37. The van der Waals surface area contributed by atoms with Crippen molar-refractivity contribution in [3.8, 4) is 0 Å². The molecule has 7 heteroatoms. The highest BCUT2D eigenvalue weighted by Gasteiger charge is 2.46. The number of esters is 2. The van der Waals surface area contributed by atoms with Crippen molar-refractivity contribution in [3.05, 3.63) is 35.4 Å². The van der Waals surface area contributed by atoms with Crippen LogP contribution in [0.1, 0.15) is 20.7 Å². The van der Waals surface area contributed by atoms with Crippen LogP contribution in [0.5, 0.6) is 0 Å². The first-order valence-corrected chi connectivity index (χ1v) is 6.49. The molecule has 116 valence electrons. The number of carbonyl (C=O) groups excluding carboxylic acids is 4. The van der Waals surface area contributed by atoms with Gasteiger partial charge in [-0.3, -0.25) is 14.5 Å². The molecule has 0 N–H and O–H groups in total. The van der Waals surface area contributed by atoms with Gasteiger partial charge in [-0.25, -0.2) is 9.59 Å². The van der Waals surface area contributed by atoms with Gasteiger partial charge in [0.2, 0.25) is 0 Å². The SMILES string of the molecule is COC(=O)C1C(=O)c2ccccc2C(=O)C(C(=O)OC)N1C. The molecular formula is C15H15NO6. The van der Waals surface area contributed by atoms with Crippen LogP contribution in [0.2, 0.25) is 0 Å². The number of methoxy groups -OCH3 is 2. The number of hydrogen-bond donors (Lipinski definition) is 0. The Balaban J connectivity index is 2.66. The van der Waals surface area contributed by atoms with Gasteiger partial charge in [0.25, 0.3) is 0 Å². The van der Waals surface area contributed by atoms with E-state index in [1.165, 1.54) is 19.2 Å². The fourth-order valence-corrected chi connectivity index (χ4v) is 2.50. The molecule has 0 fully saturated rings. The van der Waals surface area contributed by atoms with E-state index in [0.717, 1.165) is 19.1 Å². The summed E-state index contributed by atoms with van der Waals surface area (Å²) in [5.41, 5.74) is 0.169. The van der Waals surface area contributed by atoms with E-state index >= 15 is 0 Å². The van der Waals surface area contributed by atoms with Crippen molar-refractivity contribution in [1.29, 1.82) is 0 Å². The van der Waals surface area contributed by atoms with Crippen LogP contribution < -0.4 is 0 Å². The number of ether oxygens (including phenoxy) is 2. The smallest absolute Gasteiger partial charge is 0.331 e. The lowest BCUT2D eigenvalue weighted by Crippen LogP contribution is -2.53. The Morgan fingerprint density at radius 2 is 1.27 bits per heavy atom. The van der Waals surface area contributed by atoms with Crippen LogP contribution >= 0.6 is 0 Å². The number of rotatable bonds is 2. The number of likely N-dealkylation sites (N-methyl/N-ethyl adjacent to an activating group) is 1. The molecule has 0 spiro atoms. The zero-order chi connectivity index (χ0) is 16.4. The second-order valence-corrected chi connectivity index (χ2v) is 4.79. The number of nitrogens with zero attached hydrogens (tertiary/aromatic N) is 1. The van der Waals surface area contributed by atoms with Crippen molar-refractivity contribution in [2.75, 3.05) is 21.3 Å². The van der Waals surface area contributed by atoms with Crippen molar-refractivity contribution in [2.45, 2.75) is 12.1 Å². The maximum atomic E-state index is 12.6. The van der Waals surface area contributed by atoms with Crippen LogP contribution in [0.4, 0.5) is 0 Å². The van der Waals surface area contributed by atoms with Crippen molar-refractivity contribution in [2.24, 2.45) is 0 Å². The van der Waals surface area contributed by atoms with Crippen molar-refractivity contribution in [1.82, 2.24) is 4.90 Å². The summed E-state index contributed by atoms with van der Waals surface area (Å²) in [6, 6.07) is 3.27. The van der Waals surface area contributed by atoms with Gasteiger partial charge in [-0.05, 0) is 7.05 Å². The summed E-state index contributed by atoms with van der Waals surface area (Å²) in [4.78, 5) is 50.2. The molecule has 1 aromatic carbocycles. The lowest BCUT2D eigenvalue weighted by molar-refractivity contribution is -0.149. The molecule has 0 amide bonds. The van der Waals surface area contributed by atoms with Crippen molar-refractivity contribution in [3.63, 3.8) is 0 Å². The average Bonchev–Trinajstić information content (AvgIpc) is 2.61. The fraction of sp³-hybridized carbons (Fsp3) is 0.333. The highest BCUT2D eigenvalue weighted by molar-refractivity contribution is 6.23. The van der Waals surface area contributed by atoms with Crippen LogP contribution in [0.15, 0.2) is 24.3 Å². The zero-order valence-corrected chi connectivity index (χ0v) is 12.4. The molecule has 0 saturated heterocycles. The minimum Gasteiger partial charge on any atom is -0.467 e. The van der Waals surface area contributed by atoms with Crippen LogP contribution in [-0.2, 0) is 19.1 Å². The maximum Gasteiger partial charge on any atom is 0.331 e. The summed E-state index contributed by atoms with van der Waals surface area (Å²) in [6.07, 6.45) is 0. The molecule has 1 aromatic rings. The Labute approximate surface area is 126 Å². The van der Waals surface area contributed by atoms with Gasteiger partial charge in [0, 0.05) is 11.1 Å². The number of hydrogen-bond acceptors (Lipinski definition) is 7. The van der Waals surface area contributed by atoms with Gasteiger partial charge in [-0.1, -0.05) is 24.3 Å². The van der Waals surface area contributed by atoms with Gasteiger partial charge < -0.3 is 9.47 Å². The van der Waals surface area contributed by atoms with E-state index in [9.17, 15) is 19.2 Å². The third kappa shape index (κ3) is 2.39. The number of Topliss-reactive ketones (excluding diaryl/α,β-unsaturated/α-hetero) is 2. The summed E-state index contributed by atoms with van der Waals surface area (Å²) >= 11 is 0. The lowest BCUT2D eigenvalue weighted by Gasteiger charge is -2.27. The van der Waals surface area contributed by atoms with E-state index < -0.39 is 35.6 Å². The molecule has 0 radical (unpaired) electrons. The molecule has 0 aromatic heterocycles. The highest BCUT2D eigenvalue weighted by Crippen LogP contribution is 2.24. The van der Waals surface area contributed by atoms with Crippen LogP contribution in [0, 0.1) is 0 Å². The average molecular weight is 305 g/mol. The fourth-order valence-electron chi connectivity index (χ4n) is 2.50. The molecule has 1 aliphatic rings. The summed E-state index contributed by atoms with van der Waals surface area (Å²) in [6.45, 7) is 0. The summed E-state index contributed by atoms with van der Waals surface area (Å²) in [5, 5.41) is 0. The quantitative estimate of drug-likeness (QED) is 0.564. The monoisotopic (exact) mass is 305 g/mol. The third-order valence-electron chi connectivity index (χ3n) is 3.62. The van der Waals surface area contributed by atoms with Gasteiger partial charge in [-0.15, -0.1) is 0 Å². The molecule has 0 saturated carbocycles. The summed E-state index contributed by atoms with van der Waals surface area (Å²) in [5.74, 6) is -2.87. The maximum absolute atomic E-state index is 12.6. The van der Waals surface area contributed by atoms with Crippen LogP contribution in [0.25, 0.3) is 0 Å². The molecule has 1 aliphatic heterocycles. The first-order valence-electron chi connectivity index (χ1n) is 6.49. The first-order chi connectivity index (χ1) is 10.4. The number of fused-ring (bicyclic) bond motifs is 1. The molecule has 2 atom stereocenters. The van der Waals surface area contributed by atoms with Gasteiger partial charge >= 0.3 is 11.9 Å². The van der Waals surface area contributed by atoms with Gasteiger partial charge in [0.15, 0.2) is 23.7 Å². The van der Waals surface area contributed by atoms with Crippen LogP contribution in [-0.4, -0.2) is 61.8 Å². The van der Waals surface area contributed by atoms with Gasteiger partial charge in [0.1, 0.15) is 0 Å². The van der Waals surface area contributed by atoms with E-state index in [2.05, 4.69) is 9.47 Å². The van der Waals surface area contributed by atoms with Crippen LogP contribution in [0.3, 0.4) is 0 Å². The van der Waals surface area contributed by atoms with Crippen molar-refractivity contribution >= 4 is 23.5 Å². The predicted octanol–water partition coefficient (Wildman–Crippen LogP) is 0.0806. The zero-order valence-electron chi connectivity index (χ0n) is 12.4. The molecule has 22 heavy (non-hydrogen) atoms. The van der Waals surface area contributed by atoms with E-state index in [-0.39, 0.29) is 11.1 Å². The van der Waals surface area contributed by atoms with E-state index in [1.54, 1.807) is 12.1 Å². The molecule has 0 aliphatic carbocycles. The topological polar surface area (TPSA) is 90.0 Å². The Hall–Kier alpha value is -2.54. The predicted molar refractivity (Wildman–Crippen MR) is 74.5 cm³/mol. The largest absolute Gasteiger partial charge is 0.467 e. The highest BCUT2D eigenvalue weighted by atomic mass is 16.5. The molecule has 1 heterocycles. The molecular weight excluding hydrogens is 290 g/mol. The molecule has 2 unspecified atom stereocenters. The third-order valence-corrected chi connectivity index (χ3v) is 3.62. The molecule has 2 rings (SSSR count). The lowest BCUT2D eigenvalue weighted by atomic mass is 9.97. The van der Waals surface area contributed by atoms with Crippen molar-refractivity contribution < 1.29 is 28.7 Å². The molecule has 7 nitrogen and oxygen atoms in total. The number of carbonyl (C=O) groups is 4. The second-order valence-electron chi connectivity index (χ2n) is 4.79. The van der Waals surface area contributed by atoms with Gasteiger partial charge in [0.05, 0.1) is 14.2 Å². The van der Waals surface area contributed by atoms with E-state index in [4.69, 9.17) is 0 Å². The summed E-state index contributed by atoms with van der Waals surface area (Å²) < 4.78 is 9.27. The number of benzene rings is 1. The standard InChI is InChI=1S/C15H15NO6/c1-16-10(14(19)21-2)12(17)8-6-4-5-7-9(8)13(18)11(16)15(20)22-3/h4-7,10-11H,1-3H3. The van der Waals surface area contributed by atoms with E-state index in [0.29, 0.717) is 0 Å². The Morgan fingerprint density at radius 3 is 1.59 bits per heavy atom. The minimum atomic E-state index is -1.39. The van der Waals surface area contributed by atoms with E-state index in [1.807, 2.05) is 0 Å².